The third-order valence-electron chi connectivity index (χ3n) is 5.46. The SMILES string of the molecule is O=C(OCCN1CCCC1=O)[C@H](Cc1ccccc1)N1C(=O)c2ccccc2C1=O. The lowest BCUT2D eigenvalue weighted by atomic mass is 10.0. The summed E-state index contributed by atoms with van der Waals surface area (Å²) in [5, 5.41) is 0. The number of imide groups is 1. The number of esters is 1. The second kappa shape index (κ2) is 8.49. The van der Waals surface area contributed by atoms with E-state index in [1.807, 2.05) is 30.3 Å². The van der Waals surface area contributed by atoms with Crippen LogP contribution in [-0.4, -0.2) is 59.2 Å². The molecule has 3 amide bonds. The van der Waals surface area contributed by atoms with Gasteiger partial charge in [-0.1, -0.05) is 42.5 Å². The van der Waals surface area contributed by atoms with Crippen LogP contribution >= 0.6 is 0 Å². The molecule has 2 aliphatic heterocycles. The Morgan fingerprint density at radius 2 is 1.57 bits per heavy atom. The molecule has 0 aliphatic carbocycles. The molecule has 2 aromatic carbocycles. The highest BCUT2D eigenvalue weighted by Crippen LogP contribution is 2.26. The number of carbonyl (C=O) groups is 4. The maximum absolute atomic E-state index is 13.0. The molecule has 1 saturated heterocycles. The molecule has 0 bridgehead atoms. The predicted octanol–water partition coefficient (Wildman–Crippen LogP) is 2.06. The Hall–Kier alpha value is -3.48. The van der Waals surface area contributed by atoms with Gasteiger partial charge in [-0.15, -0.1) is 0 Å². The Morgan fingerprint density at radius 3 is 2.17 bits per heavy atom. The number of nitrogens with zero attached hydrogens (tertiary/aromatic N) is 2. The molecule has 0 radical (unpaired) electrons. The van der Waals surface area contributed by atoms with Crippen molar-refractivity contribution in [1.82, 2.24) is 9.80 Å². The van der Waals surface area contributed by atoms with Crippen molar-refractivity contribution < 1.29 is 23.9 Å². The van der Waals surface area contributed by atoms with E-state index in [1.165, 1.54) is 0 Å². The third-order valence-corrected chi connectivity index (χ3v) is 5.46. The lowest BCUT2D eigenvalue weighted by Crippen LogP contribution is -2.47. The lowest BCUT2D eigenvalue weighted by Gasteiger charge is -2.25. The van der Waals surface area contributed by atoms with Gasteiger partial charge in [0.15, 0.2) is 0 Å². The summed E-state index contributed by atoms with van der Waals surface area (Å²) in [5.74, 6) is -1.60. The van der Waals surface area contributed by atoms with Crippen LogP contribution in [0.5, 0.6) is 0 Å². The summed E-state index contributed by atoms with van der Waals surface area (Å²) < 4.78 is 5.42. The zero-order valence-electron chi connectivity index (χ0n) is 16.5. The molecule has 0 aromatic heterocycles. The molecule has 2 aromatic rings. The van der Waals surface area contributed by atoms with Crippen molar-refractivity contribution in [1.29, 1.82) is 0 Å². The van der Waals surface area contributed by atoms with Crippen LogP contribution in [0.2, 0.25) is 0 Å². The molecule has 1 fully saturated rings. The minimum absolute atomic E-state index is 0.0268. The number of fused-ring (bicyclic) bond motifs is 1. The van der Waals surface area contributed by atoms with Crippen molar-refractivity contribution in [3.05, 3.63) is 71.3 Å². The van der Waals surface area contributed by atoms with Crippen LogP contribution in [0.25, 0.3) is 0 Å². The van der Waals surface area contributed by atoms with Gasteiger partial charge in [-0.3, -0.25) is 19.3 Å². The first kappa shape index (κ1) is 19.8. The van der Waals surface area contributed by atoms with Crippen LogP contribution in [0.15, 0.2) is 54.6 Å². The number of hydrogen-bond donors (Lipinski definition) is 0. The molecule has 7 heteroatoms. The number of ether oxygens (including phenoxy) is 1. The number of amides is 3. The van der Waals surface area contributed by atoms with E-state index in [0.29, 0.717) is 19.5 Å². The van der Waals surface area contributed by atoms with E-state index in [2.05, 4.69) is 0 Å². The van der Waals surface area contributed by atoms with Gasteiger partial charge in [0.2, 0.25) is 5.91 Å². The van der Waals surface area contributed by atoms with Gasteiger partial charge in [0.05, 0.1) is 17.7 Å². The Kier molecular flexibility index (Phi) is 5.61. The van der Waals surface area contributed by atoms with Crippen molar-refractivity contribution in [3.8, 4) is 0 Å². The fourth-order valence-corrected chi connectivity index (χ4v) is 3.90. The Balaban J connectivity index is 1.52. The van der Waals surface area contributed by atoms with Gasteiger partial charge in [0.1, 0.15) is 12.6 Å². The van der Waals surface area contributed by atoms with Crippen LogP contribution in [-0.2, 0) is 20.7 Å². The Morgan fingerprint density at radius 1 is 0.933 bits per heavy atom. The van der Waals surface area contributed by atoms with E-state index in [-0.39, 0.29) is 30.1 Å². The number of likely N-dealkylation sites (tertiary alicyclic amines) is 1. The quantitative estimate of drug-likeness (QED) is 0.519. The molecule has 0 unspecified atom stereocenters. The van der Waals surface area contributed by atoms with Crippen LogP contribution in [0, 0.1) is 0 Å². The summed E-state index contributed by atoms with van der Waals surface area (Å²) in [6, 6.07) is 14.6. The van der Waals surface area contributed by atoms with Crippen LogP contribution in [0.3, 0.4) is 0 Å². The molecular weight excluding hydrogens is 384 g/mol. The summed E-state index contributed by atoms with van der Waals surface area (Å²) >= 11 is 0. The first-order valence-corrected chi connectivity index (χ1v) is 10.0. The molecule has 4 rings (SSSR count). The second-order valence-electron chi connectivity index (χ2n) is 7.38. The van der Waals surface area contributed by atoms with E-state index >= 15 is 0 Å². The normalized spacial score (nSPS) is 16.7. The topological polar surface area (TPSA) is 84.0 Å². The van der Waals surface area contributed by atoms with E-state index in [9.17, 15) is 19.2 Å². The number of carbonyl (C=O) groups excluding carboxylic acids is 4. The van der Waals surface area contributed by atoms with Gasteiger partial charge in [0, 0.05) is 19.4 Å². The average Bonchev–Trinajstić information content (AvgIpc) is 3.28. The lowest BCUT2D eigenvalue weighted by molar-refractivity contribution is -0.149. The minimum Gasteiger partial charge on any atom is -0.462 e. The Labute approximate surface area is 174 Å². The number of rotatable bonds is 7. The van der Waals surface area contributed by atoms with Crippen molar-refractivity contribution >= 4 is 23.7 Å². The molecular formula is C23H22N2O5. The highest BCUT2D eigenvalue weighted by Gasteiger charge is 2.43. The molecule has 154 valence electrons. The molecule has 0 saturated carbocycles. The summed E-state index contributed by atoms with van der Waals surface area (Å²) in [4.78, 5) is 53.2. The molecule has 2 heterocycles. The van der Waals surface area contributed by atoms with Crippen molar-refractivity contribution in [3.63, 3.8) is 0 Å². The van der Waals surface area contributed by atoms with Gasteiger partial charge in [-0.05, 0) is 24.1 Å². The van der Waals surface area contributed by atoms with E-state index < -0.39 is 23.8 Å². The predicted molar refractivity (Wildman–Crippen MR) is 108 cm³/mol. The van der Waals surface area contributed by atoms with Crippen molar-refractivity contribution in [2.45, 2.75) is 25.3 Å². The number of benzene rings is 2. The van der Waals surface area contributed by atoms with E-state index in [4.69, 9.17) is 4.74 Å². The zero-order chi connectivity index (χ0) is 21.1. The third kappa shape index (κ3) is 3.83. The average molecular weight is 406 g/mol. The highest BCUT2D eigenvalue weighted by molar-refractivity contribution is 6.22. The molecule has 0 N–H and O–H groups in total. The maximum Gasteiger partial charge on any atom is 0.329 e. The highest BCUT2D eigenvalue weighted by atomic mass is 16.5. The largest absolute Gasteiger partial charge is 0.462 e. The van der Waals surface area contributed by atoms with Gasteiger partial charge in [0.25, 0.3) is 11.8 Å². The fourth-order valence-electron chi connectivity index (χ4n) is 3.90. The van der Waals surface area contributed by atoms with Gasteiger partial charge in [-0.25, -0.2) is 4.79 Å². The fraction of sp³-hybridized carbons (Fsp3) is 0.304. The second-order valence-corrected chi connectivity index (χ2v) is 7.38. The molecule has 7 nitrogen and oxygen atoms in total. The maximum atomic E-state index is 13.0. The zero-order valence-corrected chi connectivity index (χ0v) is 16.5. The Bertz CT molecular complexity index is 953. The van der Waals surface area contributed by atoms with Crippen LogP contribution in [0.1, 0.15) is 39.1 Å². The van der Waals surface area contributed by atoms with Gasteiger partial charge >= 0.3 is 5.97 Å². The van der Waals surface area contributed by atoms with E-state index in [1.54, 1.807) is 29.2 Å². The van der Waals surface area contributed by atoms with Gasteiger partial charge in [-0.2, -0.15) is 0 Å². The standard InChI is InChI=1S/C23H22N2O5/c26-20-11-6-12-24(20)13-14-30-23(29)19(15-16-7-2-1-3-8-16)25-21(27)17-9-4-5-10-18(17)22(25)28/h1-5,7-10,19H,6,11-15H2/t19-/m0/s1. The van der Waals surface area contributed by atoms with Crippen molar-refractivity contribution in [2.75, 3.05) is 19.7 Å². The smallest absolute Gasteiger partial charge is 0.329 e. The van der Waals surface area contributed by atoms with Gasteiger partial charge < -0.3 is 9.64 Å². The summed E-state index contributed by atoms with van der Waals surface area (Å²) in [5.41, 5.74) is 1.39. The first-order valence-electron chi connectivity index (χ1n) is 10.0. The minimum atomic E-state index is -1.07. The van der Waals surface area contributed by atoms with Crippen LogP contribution in [0.4, 0.5) is 0 Å². The summed E-state index contributed by atoms with van der Waals surface area (Å²) in [6.07, 6.45) is 1.48. The summed E-state index contributed by atoms with van der Waals surface area (Å²) in [6.45, 7) is 0.992. The monoisotopic (exact) mass is 406 g/mol. The molecule has 2 aliphatic rings. The first-order chi connectivity index (χ1) is 14.6. The molecule has 0 spiro atoms. The molecule has 1 atom stereocenters. The number of hydrogen-bond acceptors (Lipinski definition) is 5. The summed E-state index contributed by atoms with van der Waals surface area (Å²) in [7, 11) is 0. The van der Waals surface area contributed by atoms with E-state index in [0.717, 1.165) is 16.9 Å². The van der Waals surface area contributed by atoms with Crippen molar-refractivity contribution in [2.24, 2.45) is 0 Å². The van der Waals surface area contributed by atoms with Crippen LogP contribution < -0.4 is 0 Å². The molecule has 30 heavy (non-hydrogen) atoms.